The maximum Gasteiger partial charge on any atom is 0.104 e. The second-order valence-corrected chi connectivity index (χ2v) is 18.1. The number of benzene rings is 10. The minimum Gasteiger partial charge on any atom is -0.308 e. The van der Waals surface area contributed by atoms with Crippen LogP contribution in [0, 0.1) is 68.0 Å². The number of rotatable bonds is 7. The Morgan fingerprint density at radius 2 is 0.473 bits per heavy atom. The smallest absolute Gasteiger partial charge is 0.104 e. The quantitative estimate of drug-likeness (QED) is 0.155. The van der Waals surface area contributed by atoms with Crippen LogP contribution >= 0.6 is 0 Å². The monoisotopic (exact) mass is 938 g/mol. The third kappa shape index (κ3) is 7.44. The fraction of sp³-hybridized carbons (Fsp3) is 0. The molecule has 0 atom stereocenters. The molecule has 8 nitrogen and oxygen atoms in total. The molecule has 2 heterocycles. The Morgan fingerprint density at radius 1 is 0.230 bits per heavy atom. The predicted molar refractivity (Wildman–Crippen MR) is 291 cm³/mol. The number of hydrogen-bond acceptors (Lipinski definition) is 6. The molecule has 12 rings (SSSR count). The lowest BCUT2D eigenvalue weighted by molar-refractivity contribution is 1.12. The first-order valence-corrected chi connectivity index (χ1v) is 23.6. The molecule has 0 fully saturated rings. The molecule has 0 aliphatic heterocycles. The molecule has 0 aliphatic rings. The molecule has 0 saturated heterocycles. The van der Waals surface area contributed by atoms with Crippen LogP contribution in [0.25, 0.3) is 111 Å². The molecule has 0 radical (unpaired) electrons. The SMILES string of the molecule is N#Cc1cccc(-c2cc(-n3c4ccc(-c5cccc(C#N)c5)cc4c4cc(-c5cccc(C#N)c5)ccc43)c(C#N)c(-n3c4ccc(-c5cccc(C#N)c5)cc4c4cc(-c5cccc(C#N)c5)ccc43)c2)c1. The molecule has 74 heavy (non-hydrogen) atoms. The number of nitriles is 6. The maximum absolute atomic E-state index is 11.8. The van der Waals surface area contributed by atoms with E-state index in [1.807, 2.05) is 127 Å². The molecule has 0 unspecified atom stereocenters. The molecular weight excluding hydrogens is 905 g/mol. The van der Waals surface area contributed by atoms with E-state index in [0.29, 0.717) is 44.8 Å². The summed E-state index contributed by atoms with van der Waals surface area (Å²) >= 11 is 0. The zero-order chi connectivity index (χ0) is 50.5. The van der Waals surface area contributed by atoms with E-state index in [-0.39, 0.29) is 0 Å². The standard InChI is InChI=1S/C66H34N8/c67-35-41-6-1-11-46(24-41)51-16-20-61-56(29-51)57-30-52(47-12-2-7-42(25-47)36-68)17-21-62(57)73(61)65-33-55(50-15-5-10-45(28-50)39-71)34-66(60(65)40-72)74-63-22-18-53(48-13-3-8-43(26-48)37-69)31-58(63)59-32-54(19-23-64(59)74)49-14-4-9-44(27-49)38-70/h1-34H. The summed E-state index contributed by atoms with van der Waals surface area (Å²) in [4.78, 5) is 0. The van der Waals surface area contributed by atoms with E-state index in [0.717, 1.165) is 99.2 Å². The first-order chi connectivity index (χ1) is 36.4. The topological polar surface area (TPSA) is 153 Å². The van der Waals surface area contributed by atoms with E-state index in [1.165, 1.54) is 0 Å². The van der Waals surface area contributed by atoms with Crippen LogP contribution in [-0.4, -0.2) is 9.13 Å². The highest BCUT2D eigenvalue weighted by Gasteiger charge is 2.24. The van der Waals surface area contributed by atoms with Crippen LogP contribution in [0.15, 0.2) is 206 Å². The summed E-state index contributed by atoms with van der Waals surface area (Å²) in [6.07, 6.45) is 0. The van der Waals surface area contributed by atoms with Crippen molar-refractivity contribution in [3.05, 3.63) is 240 Å². The number of aromatic nitrogens is 2. The van der Waals surface area contributed by atoms with Gasteiger partial charge in [0.25, 0.3) is 0 Å². The first-order valence-electron chi connectivity index (χ1n) is 23.6. The Balaban J connectivity index is 1.18. The lowest BCUT2D eigenvalue weighted by Gasteiger charge is -2.19. The highest BCUT2D eigenvalue weighted by Crippen LogP contribution is 2.43. The fourth-order valence-corrected chi connectivity index (χ4v) is 10.4. The summed E-state index contributed by atoms with van der Waals surface area (Å²) in [6, 6.07) is 80.7. The third-order valence-corrected chi connectivity index (χ3v) is 13.8. The Morgan fingerprint density at radius 3 is 0.716 bits per heavy atom. The number of hydrogen-bond donors (Lipinski definition) is 0. The van der Waals surface area contributed by atoms with Gasteiger partial charge in [0.15, 0.2) is 0 Å². The van der Waals surface area contributed by atoms with Gasteiger partial charge in [-0.2, -0.15) is 31.6 Å². The van der Waals surface area contributed by atoms with Crippen molar-refractivity contribution < 1.29 is 0 Å². The Kier molecular flexibility index (Phi) is 10.7. The molecule has 0 amide bonds. The highest BCUT2D eigenvalue weighted by atomic mass is 15.0. The molecule has 2 aromatic heterocycles. The Hall–Kier alpha value is -11.3. The van der Waals surface area contributed by atoms with E-state index in [9.17, 15) is 31.6 Å². The van der Waals surface area contributed by atoms with E-state index < -0.39 is 0 Å². The Labute approximate surface area is 425 Å². The van der Waals surface area contributed by atoms with Gasteiger partial charge in [-0.3, -0.25) is 0 Å². The first kappa shape index (κ1) is 44.0. The van der Waals surface area contributed by atoms with Crippen LogP contribution in [0.1, 0.15) is 33.4 Å². The average molecular weight is 939 g/mol. The number of fused-ring (bicyclic) bond motifs is 6. The maximum atomic E-state index is 11.8. The summed E-state index contributed by atoms with van der Waals surface area (Å²) in [5.74, 6) is 0. The van der Waals surface area contributed by atoms with E-state index >= 15 is 0 Å². The largest absolute Gasteiger partial charge is 0.308 e. The second-order valence-electron chi connectivity index (χ2n) is 18.1. The van der Waals surface area contributed by atoms with Gasteiger partial charge in [0.1, 0.15) is 11.6 Å². The van der Waals surface area contributed by atoms with Gasteiger partial charge in [-0.15, -0.1) is 0 Å². The predicted octanol–water partition coefficient (Wildman–Crippen LogP) is 15.4. The van der Waals surface area contributed by atoms with Gasteiger partial charge >= 0.3 is 0 Å². The zero-order valence-electron chi connectivity index (χ0n) is 39.2. The van der Waals surface area contributed by atoms with E-state index in [4.69, 9.17) is 0 Å². The minimum absolute atomic E-state index is 0.399. The van der Waals surface area contributed by atoms with E-state index in [1.54, 1.807) is 30.3 Å². The van der Waals surface area contributed by atoms with E-state index in [2.05, 4.69) is 94.1 Å². The molecule has 0 aliphatic carbocycles. The van der Waals surface area contributed by atoms with Crippen molar-refractivity contribution >= 4 is 43.6 Å². The fourth-order valence-electron chi connectivity index (χ4n) is 10.4. The third-order valence-electron chi connectivity index (χ3n) is 13.8. The highest BCUT2D eigenvalue weighted by molar-refractivity contribution is 6.14. The summed E-state index contributed by atoms with van der Waals surface area (Å²) in [7, 11) is 0. The van der Waals surface area contributed by atoms with Crippen LogP contribution in [0.4, 0.5) is 0 Å². The second kappa shape index (κ2) is 17.9. The number of nitrogens with zero attached hydrogens (tertiary/aromatic N) is 8. The van der Waals surface area contributed by atoms with Gasteiger partial charge in [-0.25, -0.2) is 0 Å². The van der Waals surface area contributed by atoms with Crippen LogP contribution in [0.3, 0.4) is 0 Å². The molecule has 338 valence electrons. The van der Waals surface area contributed by atoms with Crippen molar-refractivity contribution in [2.24, 2.45) is 0 Å². The van der Waals surface area contributed by atoms with Gasteiger partial charge in [0.05, 0.1) is 91.6 Å². The lowest BCUT2D eigenvalue weighted by Crippen LogP contribution is -2.05. The average Bonchev–Trinajstić information content (AvgIpc) is 3.99. The summed E-state index contributed by atoms with van der Waals surface area (Å²) < 4.78 is 4.29. The van der Waals surface area contributed by atoms with Crippen LogP contribution in [-0.2, 0) is 0 Å². The van der Waals surface area contributed by atoms with Crippen molar-refractivity contribution in [3.8, 4) is 103 Å². The van der Waals surface area contributed by atoms with Gasteiger partial charge in [0, 0.05) is 21.5 Å². The van der Waals surface area contributed by atoms with Crippen molar-refractivity contribution in [3.63, 3.8) is 0 Å². The summed E-state index contributed by atoms with van der Waals surface area (Å²) in [5.41, 5.74) is 16.4. The van der Waals surface area contributed by atoms with Gasteiger partial charge < -0.3 is 9.13 Å². The van der Waals surface area contributed by atoms with Crippen molar-refractivity contribution in [1.29, 1.82) is 31.6 Å². The molecule has 0 saturated carbocycles. The lowest BCUT2D eigenvalue weighted by atomic mass is 9.98. The molecule has 0 N–H and O–H groups in total. The summed E-state index contributed by atoms with van der Waals surface area (Å²) in [6.45, 7) is 0. The van der Waals surface area contributed by atoms with Gasteiger partial charge in [0.2, 0.25) is 0 Å². The Bertz CT molecular complexity index is 4150. The van der Waals surface area contributed by atoms with Crippen LogP contribution < -0.4 is 0 Å². The molecular formula is C66H34N8. The molecule has 12 aromatic rings. The normalized spacial score (nSPS) is 10.9. The summed E-state index contributed by atoms with van der Waals surface area (Å²) in [5, 5.41) is 64.9. The molecule has 10 aromatic carbocycles. The molecule has 0 spiro atoms. The van der Waals surface area contributed by atoms with Gasteiger partial charge in [-0.05, 0) is 177 Å². The van der Waals surface area contributed by atoms with Crippen molar-refractivity contribution in [2.75, 3.05) is 0 Å². The van der Waals surface area contributed by atoms with Crippen LogP contribution in [0.2, 0.25) is 0 Å². The van der Waals surface area contributed by atoms with Crippen molar-refractivity contribution in [2.45, 2.75) is 0 Å². The minimum atomic E-state index is 0.399. The van der Waals surface area contributed by atoms with Crippen LogP contribution in [0.5, 0.6) is 0 Å². The van der Waals surface area contributed by atoms with Crippen molar-refractivity contribution in [1.82, 2.24) is 9.13 Å². The van der Waals surface area contributed by atoms with Gasteiger partial charge in [-0.1, -0.05) is 84.9 Å². The zero-order valence-corrected chi connectivity index (χ0v) is 39.2. The molecule has 0 bridgehead atoms. The molecule has 8 heteroatoms.